The van der Waals surface area contributed by atoms with Crippen molar-refractivity contribution in [3.63, 3.8) is 0 Å². The molecule has 0 spiro atoms. The van der Waals surface area contributed by atoms with Gasteiger partial charge < -0.3 is 20.4 Å². The fourth-order valence-corrected chi connectivity index (χ4v) is 2.03. The molecule has 0 aliphatic rings. The molecule has 3 N–H and O–H groups in total. The number of carbonyl (C=O) groups is 1. The molecule has 0 fully saturated rings. The molecule has 1 amide bonds. The van der Waals surface area contributed by atoms with E-state index in [4.69, 9.17) is 4.42 Å². The van der Waals surface area contributed by atoms with Crippen molar-refractivity contribution >= 4 is 23.4 Å². The highest BCUT2D eigenvalue weighted by Gasteiger charge is 2.05. The van der Waals surface area contributed by atoms with E-state index < -0.39 is 0 Å². The molecule has 0 saturated heterocycles. The minimum absolute atomic E-state index is 0.174. The number of furan rings is 1. The molecule has 0 aromatic carbocycles. The van der Waals surface area contributed by atoms with Gasteiger partial charge >= 0.3 is 0 Å². The maximum Gasteiger partial charge on any atom is 0.254 e. The molecule has 0 atom stereocenters. The van der Waals surface area contributed by atoms with Gasteiger partial charge in [0, 0.05) is 19.3 Å². The number of amides is 1. The van der Waals surface area contributed by atoms with E-state index in [0.717, 1.165) is 5.56 Å². The summed E-state index contributed by atoms with van der Waals surface area (Å²) < 4.78 is 4.87. The summed E-state index contributed by atoms with van der Waals surface area (Å²) in [5.41, 5.74) is 1.59. The number of aryl methyl sites for hydroxylation is 1. The number of hydrogen-bond donors (Lipinski definition) is 3. The number of hydrogen-bond acceptors (Lipinski definition) is 7. The molecule has 0 radical (unpaired) electrons. The van der Waals surface area contributed by atoms with E-state index in [1.54, 1.807) is 24.4 Å². The first-order chi connectivity index (χ1) is 12.2. The second-order valence-electron chi connectivity index (χ2n) is 5.34. The van der Waals surface area contributed by atoms with Gasteiger partial charge in [0.1, 0.15) is 17.9 Å². The van der Waals surface area contributed by atoms with Gasteiger partial charge in [-0.15, -0.1) is 10.2 Å². The minimum Gasteiger partial charge on any atom is -0.472 e. The normalized spacial score (nSPS) is 10.3. The molecule has 3 rings (SSSR count). The highest BCUT2D eigenvalue weighted by molar-refractivity contribution is 5.93. The Morgan fingerprint density at radius 2 is 1.84 bits per heavy atom. The Hall–Kier alpha value is -3.42. The molecular weight excluding hydrogens is 320 g/mol. The van der Waals surface area contributed by atoms with Gasteiger partial charge in [-0.25, -0.2) is 4.98 Å². The molecule has 3 aromatic rings. The molecular formula is C17H18N6O2. The molecule has 8 heteroatoms. The standard InChI is InChI=1S/C17H18N6O2/c1-12-2-3-14(20-10-12)21-16-5-4-15(22-23-16)18-7-8-19-17(24)13-6-9-25-11-13/h2-6,9-11H,7-8H2,1H3,(H,18,22)(H,19,24)(H,20,21,23). The van der Waals surface area contributed by atoms with Crippen LogP contribution in [-0.4, -0.2) is 34.2 Å². The van der Waals surface area contributed by atoms with Crippen LogP contribution in [0.1, 0.15) is 15.9 Å². The Morgan fingerprint density at radius 3 is 2.52 bits per heavy atom. The average Bonchev–Trinajstić information content (AvgIpc) is 3.17. The lowest BCUT2D eigenvalue weighted by Crippen LogP contribution is -2.28. The predicted molar refractivity (Wildman–Crippen MR) is 93.8 cm³/mol. The maximum absolute atomic E-state index is 11.7. The number of carbonyl (C=O) groups excluding carboxylic acids is 1. The molecule has 3 heterocycles. The predicted octanol–water partition coefficient (Wildman–Crippen LogP) is 2.36. The highest BCUT2D eigenvalue weighted by atomic mass is 16.3. The Balaban J connectivity index is 1.43. The van der Waals surface area contributed by atoms with Crippen LogP contribution in [-0.2, 0) is 0 Å². The van der Waals surface area contributed by atoms with E-state index in [1.807, 2.05) is 19.1 Å². The first-order valence-electron chi connectivity index (χ1n) is 7.78. The molecule has 0 bridgehead atoms. The van der Waals surface area contributed by atoms with Gasteiger partial charge in [0.25, 0.3) is 5.91 Å². The summed E-state index contributed by atoms with van der Waals surface area (Å²) in [5, 5.41) is 17.1. The van der Waals surface area contributed by atoms with Crippen molar-refractivity contribution in [2.24, 2.45) is 0 Å². The van der Waals surface area contributed by atoms with Crippen molar-refractivity contribution in [3.05, 3.63) is 60.2 Å². The second kappa shape index (κ2) is 7.91. The van der Waals surface area contributed by atoms with Gasteiger partial charge in [-0.05, 0) is 36.8 Å². The van der Waals surface area contributed by atoms with E-state index in [0.29, 0.717) is 36.1 Å². The molecule has 25 heavy (non-hydrogen) atoms. The van der Waals surface area contributed by atoms with Gasteiger partial charge in [0.05, 0.1) is 11.8 Å². The second-order valence-corrected chi connectivity index (χ2v) is 5.34. The lowest BCUT2D eigenvalue weighted by atomic mass is 10.3. The van der Waals surface area contributed by atoms with Crippen molar-refractivity contribution in [1.29, 1.82) is 0 Å². The summed E-state index contributed by atoms with van der Waals surface area (Å²) in [6, 6.07) is 9.08. The van der Waals surface area contributed by atoms with Gasteiger partial charge in [-0.2, -0.15) is 0 Å². The third-order valence-corrected chi connectivity index (χ3v) is 3.33. The molecule has 128 valence electrons. The quantitative estimate of drug-likeness (QED) is 0.568. The summed E-state index contributed by atoms with van der Waals surface area (Å²) >= 11 is 0. The van der Waals surface area contributed by atoms with Crippen LogP contribution in [0.15, 0.2) is 53.5 Å². The largest absolute Gasteiger partial charge is 0.472 e. The monoisotopic (exact) mass is 338 g/mol. The van der Waals surface area contributed by atoms with Crippen molar-refractivity contribution in [2.75, 3.05) is 23.7 Å². The van der Waals surface area contributed by atoms with Crippen molar-refractivity contribution in [2.45, 2.75) is 6.92 Å². The number of nitrogens with zero attached hydrogens (tertiary/aromatic N) is 3. The lowest BCUT2D eigenvalue weighted by Gasteiger charge is -2.07. The first-order valence-corrected chi connectivity index (χ1v) is 7.78. The molecule has 3 aromatic heterocycles. The number of nitrogens with one attached hydrogen (secondary N) is 3. The van der Waals surface area contributed by atoms with Crippen LogP contribution < -0.4 is 16.0 Å². The smallest absolute Gasteiger partial charge is 0.254 e. The number of aromatic nitrogens is 3. The van der Waals surface area contributed by atoms with Crippen molar-refractivity contribution < 1.29 is 9.21 Å². The van der Waals surface area contributed by atoms with Gasteiger partial charge in [-0.1, -0.05) is 6.07 Å². The van der Waals surface area contributed by atoms with Crippen LogP contribution in [0.3, 0.4) is 0 Å². The summed E-state index contributed by atoms with van der Waals surface area (Å²) in [7, 11) is 0. The maximum atomic E-state index is 11.7. The zero-order chi connectivity index (χ0) is 17.5. The van der Waals surface area contributed by atoms with Crippen LogP contribution in [0, 0.1) is 6.92 Å². The zero-order valence-electron chi connectivity index (χ0n) is 13.7. The number of pyridine rings is 1. The van der Waals surface area contributed by atoms with Crippen molar-refractivity contribution in [3.8, 4) is 0 Å². The fourth-order valence-electron chi connectivity index (χ4n) is 2.03. The third-order valence-electron chi connectivity index (χ3n) is 3.33. The summed E-state index contributed by atoms with van der Waals surface area (Å²) in [6.45, 7) is 2.97. The third kappa shape index (κ3) is 4.77. The lowest BCUT2D eigenvalue weighted by molar-refractivity contribution is 0.0954. The Morgan fingerprint density at radius 1 is 1.04 bits per heavy atom. The van der Waals surface area contributed by atoms with Gasteiger partial charge in [0.15, 0.2) is 5.82 Å². The Kier molecular flexibility index (Phi) is 5.20. The van der Waals surface area contributed by atoms with E-state index in [9.17, 15) is 4.79 Å². The van der Waals surface area contributed by atoms with E-state index in [1.165, 1.54) is 12.5 Å². The Labute approximate surface area is 144 Å². The Bertz CT molecular complexity index is 800. The number of anilines is 3. The van der Waals surface area contributed by atoms with Gasteiger partial charge in [-0.3, -0.25) is 4.79 Å². The average molecular weight is 338 g/mol. The fraction of sp³-hybridized carbons (Fsp3) is 0.176. The van der Waals surface area contributed by atoms with Crippen LogP contribution in [0.5, 0.6) is 0 Å². The van der Waals surface area contributed by atoms with E-state index in [-0.39, 0.29) is 5.91 Å². The van der Waals surface area contributed by atoms with E-state index >= 15 is 0 Å². The molecule has 0 saturated carbocycles. The summed E-state index contributed by atoms with van der Waals surface area (Å²) in [5.74, 6) is 1.77. The topological polar surface area (TPSA) is 105 Å². The summed E-state index contributed by atoms with van der Waals surface area (Å²) in [4.78, 5) is 16.0. The molecule has 0 aliphatic carbocycles. The highest BCUT2D eigenvalue weighted by Crippen LogP contribution is 2.12. The zero-order valence-corrected chi connectivity index (χ0v) is 13.7. The van der Waals surface area contributed by atoms with Crippen molar-refractivity contribution in [1.82, 2.24) is 20.5 Å². The summed E-state index contributed by atoms with van der Waals surface area (Å²) in [6.07, 6.45) is 4.65. The van der Waals surface area contributed by atoms with Crippen LogP contribution in [0.25, 0.3) is 0 Å². The first kappa shape index (κ1) is 16.4. The van der Waals surface area contributed by atoms with Crippen LogP contribution in [0.2, 0.25) is 0 Å². The SMILES string of the molecule is Cc1ccc(Nc2ccc(NCCNC(=O)c3ccoc3)nn2)nc1. The molecule has 0 unspecified atom stereocenters. The molecule has 8 nitrogen and oxygen atoms in total. The van der Waals surface area contributed by atoms with Gasteiger partial charge in [0.2, 0.25) is 0 Å². The number of rotatable bonds is 7. The molecule has 0 aliphatic heterocycles. The van der Waals surface area contributed by atoms with Crippen LogP contribution in [0.4, 0.5) is 17.5 Å². The van der Waals surface area contributed by atoms with E-state index in [2.05, 4.69) is 31.1 Å². The minimum atomic E-state index is -0.174. The van der Waals surface area contributed by atoms with Crippen LogP contribution >= 0.6 is 0 Å².